The molecule has 5 nitrogen and oxygen atoms in total. The summed E-state index contributed by atoms with van der Waals surface area (Å²) in [6.45, 7) is 0. The van der Waals surface area contributed by atoms with Gasteiger partial charge in [-0.3, -0.25) is 4.79 Å². The van der Waals surface area contributed by atoms with Crippen molar-refractivity contribution in [1.82, 2.24) is 4.98 Å². The van der Waals surface area contributed by atoms with Crippen molar-refractivity contribution < 1.29 is 14.7 Å². The van der Waals surface area contributed by atoms with E-state index in [1.807, 2.05) is 0 Å². The van der Waals surface area contributed by atoms with Crippen LogP contribution in [-0.2, 0) is 0 Å². The molecule has 1 heterocycles. The molecule has 0 saturated heterocycles. The average molecular weight is 346 g/mol. The first-order valence-corrected chi connectivity index (χ1v) is 6.68. The van der Waals surface area contributed by atoms with E-state index >= 15 is 0 Å². The normalized spacial score (nSPS) is 10.2. The van der Waals surface area contributed by atoms with E-state index < -0.39 is 11.9 Å². The van der Waals surface area contributed by atoms with Crippen molar-refractivity contribution in [3.63, 3.8) is 0 Å². The van der Waals surface area contributed by atoms with E-state index in [2.05, 4.69) is 10.3 Å². The number of benzene rings is 1. The van der Waals surface area contributed by atoms with Crippen LogP contribution >= 0.6 is 34.8 Å². The fraction of sp³-hybridized carbons (Fsp3) is 0. The van der Waals surface area contributed by atoms with E-state index in [1.165, 1.54) is 30.3 Å². The highest BCUT2D eigenvalue weighted by Crippen LogP contribution is 2.23. The van der Waals surface area contributed by atoms with Gasteiger partial charge < -0.3 is 10.4 Å². The zero-order valence-electron chi connectivity index (χ0n) is 10.2. The van der Waals surface area contributed by atoms with Crippen molar-refractivity contribution in [3.05, 3.63) is 56.8 Å². The smallest absolute Gasteiger partial charge is 0.337 e. The number of carbonyl (C=O) groups is 2. The van der Waals surface area contributed by atoms with Crippen molar-refractivity contribution in [2.75, 3.05) is 5.32 Å². The molecule has 0 atom stereocenters. The van der Waals surface area contributed by atoms with Crippen LogP contribution in [-0.4, -0.2) is 22.0 Å². The summed E-state index contributed by atoms with van der Waals surface area (Å²) in [5, 5.41) is 11.7. The molecule has 2 aromatic rings. The van der Waals surface area contributed by atoms with Crippen LogP contribution in [0.3, 0.4) is 0 Å². The monoisotopic (exact) mass is 344 g/mol. The molecule has 0 aliphatic heterocycles. The molecule has 108 valence electrons. The summed E-state index contributed by atoms with van der Waals surface area (Å²) in [4.78, 5) is 26.7. The number of aromatic nitrogens is 1. The van der Waals surface area contributed by atoms with Crippen molar-refractivity contribution >= 4 is 52.4 Å². The lowest BCUT2D eigenvalue weighted by Gasteiger charge is -2.07. The Morgan fingerprint density at radius 2 is 1.76 bits per heavy atom. The largest absolute Gasteiger partial charge is 0.478 e. The minimum atomic E-state index is -1.16. The van der Waals surface area contributed by atoms with E-state index in [0.29, 0.717) is 5.69 Å². The molecule has 21 heavy (non-hydrogen) atoms. The van der Waals surface area contributed by atoms with Crippen LogP contribution in [0.5, 0.6) is 0 Å². The lowest BCUT2D eigenvalue weighted by Crippen LogP contribution is -2.14. The third-order valence-corrected chi connectivity index (χ3v) is 3.31. The first kappa shape index (κ1) is 15.6. The quantitative estimate of drug-likeness (QED) is 0.824. The second-order valence-electron chi connectivity index (χ2n) is 3.92. The molecular formula is C13H7Cl3N2O3. The summed E-state index contributed by atoms with van der Waals surface area (Å²) < 4.78 is 0. The van der Waals surface area contributed by atoms with Crippen molar-refractivity contribution in [1.29, 1.82) is 0 Å². The van der Waals surface area contributed by atoms with E-state index in [4.69, 9.17) is 39.9 Å². The van der Waals surface area contributed by atoms with Crippen LogP contribution in [0.1, 0.15) is 20.8 Å². The first-order chi connectivity index (χ1) is 9.88. The van der Waals surface area contributed by atoms with Gasteiger partial charge in [0.15, 0.2) is 0 Å². The predicted octanol–water partition coefficient (Wildman–Crippen LogP) is 3.99. The maximum absolute atomic E-state index is 12.0. The SMILES string of the molecule is O=C(O)c1ccc(NC(=O)c2nc(Cl)ccc2Cl)cc1Cl. The molecular weight excluding hydrogens is 339 g/mol. The second-order valence-corrected chi connectivity index (χ2v) is 5.12. The summed E-state index contributed by atoms with van der Waals surface area (Å²) in [6.07, 6.45) is 0. The molecule has 0 bridgehead atoms. The highest BCUT2D eigenvalue weighted by atomic mass is 35.5. The molecule has 1 aromatic heterocycles. The van der Waals surface area contributed by atoms with Crippen molar-refractivity contribution in [2.45, 2.75) is 0 Å². The number of carboxylic acids is 1. The van der Waals surface area contributed by atoms with Gasteiger partial charge in [-0.25, -0.2) is 9.78 Å². The molecule has 0 spiro atoms. The number of pyridine rings is 1. The molecule has 0 aliphatic carbocycles. The Morgan fingerprint density at radius 3 is 2.38 bits per heavy atom. The number of nitrogens with zero attached hydrogens (tertiary/aromatic N) is 1. The number of anilines is 1. The summed E-state index contributed by atoms with van der Waals surface area (Å²) in [5.74, 6) is -1.74. The maximum Gasteiger partial charge on any atom is 0.337 e. The Balaban J connectivity index is 2.26. The minimum Gasteiger partial charge on any atom is -0.478 e. The van der Waals surface area contributed by atoms with Gasteiger partial charge in [0.05, 0.1) is 15.6 Å². The van der Waals surface area contributed by atoms with Gasteiger partial charge in [0, 0.05) is 5.69 Å². The Hall–Kier alpha value is -1.82. The molecule has 0 unspecified atom stereocenters. The van der Waals surface area contributed by atoms with E-state index in [9.17, 15) is 9.59 Å². The number of amides is 1. The third-order valence-electron chi connectivity index (χ3n) is 2.48. The van der Waals surface area contributed by atoms with E-state index in [-0.39, 0.29) is 26.5 Å². The molecule has 0 saturated carbocycles. The van der Waals surface area contributed by atoms with Gasteiger partial charge in [0.2, 0.25) is 0 Å². The van der Waals surface area contributed by atoms with Crippen LogP contribution in [0.25, 0.3) is 0 Å². The lowest BCUT2D eigenvalue weighted by molar-refractivity contribution is 0.0697. The van der Waals surface area contributed by atoms with Crippen LogP contribution in [0.15, 0.2) is 30.3 Å². The molecule has 1 aromatic carbocycles. The fourth-order valence-corrected chi connectivity index (χ4v) is 2.13. The summed E-state index contributed by atoms with van der Waals surface area (Å²) in [7, 11) is 0. The number of rotatable bonds is 3. The van der Waals surface area contributed by atoms with Gasteiger partial charge in [-0.15, -0.1) is 0 Å². The highest BCUT2D eigenvalue weighted by molar-refractivity contribution is 6.35. The van der Waals surface area contributed by atoms with Gasteiger partial charge in [0.1, 0.15) is 10.8 Å². The lowest BCUT2D eigenvalue weighted by atomic mass is 10.2. The number of hydrogen-bond donors (Lipinski definition) is 2. The van der Waals surface area contributed by atoms with Crippen molar-refractivity contribution in [2.24, 2.45) is 0 Å². The van der Waals surface area contributed by atoms with Gasteiger partial charge in [-0.1, -0.05) is 34.8 Å². The van der Waals surface area contributed by atoms with Gasteiger partial charge in [-0.2, -0.15) is 0 Å². The van der Waals surface area contributed by atoms with E-state index in [1.54, 1.807) is 0 Å². The summed E-state index contributed by atoms with van der Waals surface area (Å²) >= 11 is 17.4. The zero-order valence-corrected chi connectivity index (χ0v) is 12.5. The summed E-state index contributed by atoms with van der Waals surface area (Å²) in [6, 6.07) is 6.92. The molecule has 0 aliphatic rings. The topological polar surface area (TPSA) is 79.3 Å². The Kier molecular flexibility index (Phi) is 4.67. The number of aromatic carboxylic acids is 1. The molecule has 2 rings (SSSR count). The number of halogens is 3. The number of carbonyl (C=O) groups excluding carboxylic acids is 1. The van der Waals surface area contributed by atoms with Crippen LogP contribution < -0.4 is 5.32 Å². The number of hydrogen-bond acceptors (Lipinski definition) is 3. The molecule has 2 N–H and O–H groups in total. The maximum atomic E-state index is 12.0. The predicted molar refractivity (Wildman–Crippen MR) is 80.6 cm³/mol. The van der Waals surface area contributed by atoms with Crippen LogP contribution in [0.4, 0.5) is 5.69 Å². The van der Waals surface area contributed by atoms with E-state index in [0.717, 1.165) is 0 Å². The van der Waals surface area contributed by atoms with Crippen LogP contribution in [0.2, 0.25) is 15.2 Å². The van der Waals surface area contributed by atoms with Gasteiger partial charge >= 0.3 is 5.97 Å². The minimum absolute atomic E-state index is 0.00505. The van der Waals surface area contributed by atoms with Crippen LogP contribution in [0, 0.1) is 0 Å². The van der Waals surface area contributed by atoms with Gasteiger partial charge in [0.25, 0.3) is 5.91 Å². The number of carboxylic acid groups (broad SMARTS) is 1. The summed E-state index contributed by atoms with van der Waals surface area (Å²) in [5.41, 5.74) is 0.212. The number of nitrogens with one attached hydrogen (secondary N) is 1. The molecule has 0 radical (unpaired) electrons. The fourth-order valence-electron chi connectivity index (χ4n) is 1.53. The zero-order chi connectivity index (χ0) is 15.6. The van der Waals surface area contributed by atoms with Gasteiger partial charge in [-0.05, 0) is 30.3 Å². The Labute approximate surface area is 134 Å². The Bertz CT molecular complexity index is 735. The highest BCUT2D eigenvalue weighted by Gasteiger charge is 2.15. The standard InChI is InChI=1S/C13H7Cl3N2O3/c14-8-3-4-10(16)18-11(8)12(19)17-6-1-2-7(13(20)21)9(15)5-6/h1-5H,(H,17,19)(H,20,21). The third kappa shape index (κ3) is 3.64. The second kappa shape index (κ2) is 6.30. The first-order valence-electron chi connectivity index (χ1n) is 5.54. The van der Waals surface area contributed by atoms with Crippen molar-refractivity contribution in [3.8, 4) is 0 Å². The molecule has 1 amide bonds. The molecule has 8 heteroatoms. The average Bonchev–Trinajstić information content (AvgIpc) is 2.41. The molecule has 0 fully saturated rings. The Morgan fingerprint density at radius 1 is 1.05 bits per heavy atom.